The molecule has 0 aliphatic rings. The molecular weight excluding hydrogens is 363 g/mol. The van der Waals surface area contributed by atoms with Gasteiger partial charge < -0.3 is 15.5 Å². The number of amides is 2. The fourth-order valence-corrected chi connectivity index (χ4v) is 3.41. The van der Waals surface area contributed by atoms with E-state index < -0.39 is 0 Å². The molecule has 1 heterocycles. The number of rotatable bonds is 6. The number of hydrogen-bond donors (Lipinski definition) is 2. The number of anilines is 1. The Morgan fingerprint density at radius 3 is 2.74 bits per heavy atom. The van der Waals surface area contributed by atoms with Gasteiger partial charge in [0.2, 0.25) is 0 Å². The van der Waals surface area contributed by atoms with Crippen LogP contribution in [0.2, 0.25) is 0 Å². The van der Waals surface area contributed by atoms with Gasteiger partial charge in [-0.3, -0.25) is 0 Å². The van der Waals surface area contributed by atoms with Gasteiger partial charge in [-0.25, -0.2) is 14.2 Å². The minimum Gasteiger partial charge on any atom is -0.336 e. The summed E-state index contributed by atoms with van der Waals surface area (Å²) < 4.78 is 13.5. The molecule has 2 aromatic carbocycles. The first-order valence-corrected chi connectivity index (χ1v) is 9.37. The third-order valence-electron chi connectivity index (χ3n) is 4.11. The zero-order valence-electron chi connectivity index (χ0n) is 15.1. The fourth-order valence-electron chi connectivity index (χ4n) is 2.77. The molecule has 0 fully saturated rings. The molecule has 0 saturated heterocycles. The minimum absolute atomic E-state index is 0.131. The van der Waals surface area contributed by atoms with Crippen LogP contribution in [-0.4, -0.2) is 36.6 Å². The van der Waals surface area contributed by atoms with Gasteiger partial charge in [0.05, 0.1) is 6.04 Å². The van der Waals surface area contributed by atoms with E-state index in [4.69, 9.17) is 0 Å². The molecule has 0 bridgehead atoms. The van der Waals surface area contributed by atoms with Gasteiger partial charge in [-0.1, -0.05) is 24.3 Å². The maximum absolute atomic E-state index is 13.5. The summed E-state index contributed by atoms with van der Waals surface area (Å²) in [5, 5.41) is 8.51. The van der Waals surface area contributed by atoms with Crippen LogP contribution in [0.3, 0.4) is 0 Å². The second kappa shape index (κ2) is 8.75. The third kappa shape index (κ3) is 5.12. The molecule has 0 spiro atoms. The summed E-state index contributed by atoms with van der Waals surface area (Å²) in [7, 11) is 3.79. The number of aromatic nitrogens is 1. The average molecular weight is 384 g/mol. The standard InChI is InChI=1S/C20H21FN4OS/c1-25(2)18(14-5-3-7-16(21)11-14)13-23-20(26)24-17-8-4-6-15(12-17)19-22-9-10-27-19/h3-12,18H,13H2,1-2H3,(H2,23,24,26). The molecule has 0 saturated carbocycles. The van der Waals surface area contributed by atoms with Crippen molar-refractivity contribution in [3.05, 3.63) is 71.5 Å². The van der Waals surface area contributed by atoms with E-state index in [0.717, 1.165) is 16.1 Å². The topological polar surface area (TPSA) is 57.3 Å². The molecule has 7 heteroatoms. The summed E-state index contributed by atoms with van der Waals surface area (Å²) in [6, 6.07) is 13.5. The molecule has 0 aliphatic carbocycles. The van der Waals surface area contributed by atoms with E-state index in [9.17, 15) is 9.18 Å². The number of benzene rings is 2. The van der Waals surface area contributed by atoms with Crippen molar-refractivity contribution >= 4 is 23.1 Å². The number of likely N-dealkylation sites (N-methyl/N-ethyl adjacent to an activating group) is 1. The van der Waals surface area contributed by atoms with Gasteiger partial charge in [-0.2, -0.15) is 0 Å². The van der Waals surface area contributed by atoms with Crippen molar-refractivity contribution < 1.29 is 9.18 Å². The maximum atomic E-state index is 13.5. The van der Waals surface area contributed by atoms with Crippen LogP contribution in [0.25, 0.3) is 10.6 Å². The Hall–Kier alpha value is -2.77. The Morgan fingerprint density at radius 1 is 1.22 bits per heavy atom. The lowest BCUT2D eigenvalue weighted by Gasteiger charge is -2.25. The van der Waals surface area contributed by atoms with E-state index in [-0.39, 0.29) is 17.9 Å². The zero-order chi connectivity index (χ0) is 19.2. The largest absolute Gasteiger partial charge is 0.336 e. The van der Waals surface area contributed by atoms with Crippen LogP contribution in [0.15, 0.2) is 60.1 Å². The number of nitrogens with zero attached hydrogens (tertiary/aromatic N) is 2. The zero-order valence-corrected chi connectivity index (χ0v) is 16.0. The highest BCUT2D eigenvalue weighted by Gasteiger charge is 2.16. The summed E-state index contributed by atoms with van der Waals surface area (Å²) >= 11 is 1.54. The molecule has 2 amide bonds. The van der Waals surface area contributed by atoms with Gasteiger partial charge in [0.15, 0.2) is 0 Å². The molecule has 0 radical (unpaired) electrons. The molecule has 5 nitrogen and oxygen atoms in total. The van der Waals surface area contributed by atoms with Gasteiger partial charge in [-0.15, -0.1) is 11.3 Å². The van der Waals surface area contributed by atoms with Crippen LogP contribution < -0.4 is 10.6 Å². The van der Waals surface area contributed by atoms with Gasteiger partial charge >= 0.3 is 6.03 Å². The maximum Gasteiger partial charge on any atom is 0.319 e. The van der Waals surface area contributed by atoms with Gasteiger partial charge in [0.25, 0.3) is 0 Å². The summed E-state index contributed by atoms with van der Waals surface area (Å²) in [5.74, 6) is -0.289. The SMILES string of the molecule is CN(C)C(CNC(=O)Nc1cccc(-c2nccs2)c1)c1cccc(F)c1. The van der Waals surface area contributed by atoms with Crippen LogP contribution in [0.5, 0.6) is 0 Å². The predicted octanol–water partition coefficient (Wildman–Crippen LogP) is 4.37. The van der Waals surface area contributed by atoms with Crippen LogP contribution in [0, 0.1) is 5.82 Å². The quantitative estimate of drug-likeness (QED) is 0.663. The number of carbonyl (C=O) groups excluding carboxylic acids is 1. The van der Waals surface area contributed by atoms with E-state index >= 15 is 0 Å². The molecule has 2 N–H and O–H groups in total. The van der Waals surface area contributed by atoms with Crippen molar-refractivity contribution in [1.82, 2.24) is 15.2 Å². The summed E-state index contributed by atoms with van der Waals surface area (Å²) in [5.41, 5.74) is 2.45. The lowest BCUT2D eigenvalue weighted by molar-refractivity contribution is 0.243. The highest BCUT2D eigenvalue weighted by Crippen LogP contribution is 2.24. The van der Waals surface area contributed by atoms with Crippen LogP contribution in [0.1, 0.15) is 11.6 Å². The highest BCUT2D eigenvalue weighted by molar-refractivity contribution is 7.13. The van der Waals surface area contributed by atoms with Gasteiger partial charge in [0.1, 0.15) is 10.8 Å². The number of nitrogens with one attached hydrogen (secondary N) is 2. The van der Waals surface area contributed by atoms with E-state index in [1.54, 1.807) is 23.6 Å². The van der Waals surface area contributed by atoms with Crippen molar-refractivity contribution in [3.63, 3.8) is 0 Å². The van der Waals surface area contributed by atoms with E-state index in [1.807, 2.05) is 54.7 Å². The fraction of sp³-hybridized carbons (Fsp3) is 0.200. The number of urea groups is 1. The first kappa shape index (κ1) is 19.0. The lowest BCUT2D eigenvalue weighted by Crippen LogP contribution is -2.36. The van der Waals surface area contributed by atoms with Crippen LogP contribution in [-0.2, 0) is 0 Å². The predicted molar refractivity (Wildman–Crippen MR) is 107 cm³/mol. The summed E-state index contributed by atoms with van der Waals surface area (Å²) in [4.78, 5) is 18.5. The normalized spacial score (nSPS) is 12.0. The smallest absolute Gasteiger partial charge is 0.319 e. The first-order valence-electron chi connectivity index (χ1n) is 8.49. The Kier molecular flexibility index (Phi) is 6.16. The van der Waals surface area contributed by atoms with Gasteiger partial charge in [0, 0.05) is 29.4 Å². The van der Waals surface area contributed by atoms with Crippen molar-refractivity contribution in [2.24, 2.45) is 0 Å². The van der Waals surface area contributed by atoms with E-state index in [1.165, 1.54) is 12.1 Å². The molecule has 1 atom stereocenters. The van der Waals surface area contributed by atoms with Crippen molar-refractivity contribution in [3.8, 4) is 10.6 Å². The Morgan fingerprint density at radius 2 is 2.04 bits per heavy atom. The number of carbonyl (C=O) groups is 1. The van der Waals surface area contributed by atoms with Gasteiger partial charge in [-0.05, 0) is 43.9 Å². The van der Waals surface area contributed by atoms with Crippen molar-refractivity contribution in [2.45, 2.75) is 6.04 Å². The Balaban J connectivity index is 1.62. The average Bonchev–Trinajstić information content (AvgIpc) is 3.16. The van der Waals surface area contributed by atoms with E-state index in [0.29, 0.717) is 12.2 Å². The number of hydrogen-bond acceptors (Lipinski definition) is 4. The summed E-state index contributed by atoms with van der Waals surface area (Å²) in [6.07, 6.45) is 1.75. The monoisotopic (exact) mass is 384 g/mol. The molecule has 3 aromatic rings. The number of thiazole rings is 1. The van der Waals surface area contributed by atoms with Crippen LogP contribution >= 0.6 is 11.3 Å². The lowest BCUT2D eigenvalue weighted by atomic mass is 10.1. The molecule has 1 aromatic heterocycles. The summed E-state index contributed by atoms with van der Waals surface area (Å²) in [6.45, 7) is 0.356. The van der Waals surface area contributed by atoms with Crippen LogP contribution in [0.4, 0.5) is 14.9 Å². The molecule has 27 heavy (non-hydrogen) atoms. The second-order valence-electron chi connectivity index (χ2n) is 6.29. The minimum atomic E-state index is -0.311. The molecule has 0 aliphatic heterocycles. The first-order chi connectivity index (χ1) is 13.0. The molecule has 3 rings (SSSR count). The molecule has 140 valence electrons. The van der Waals surface area contributed by atoms with Crippen molar-refractivity contribution in [2.75, 3.05) is 26.0 Å². The Labute approximate surface area is 161 Å². The molecule has 1 unspecified atom stereocenters. The Bertz CT molecular complexity index is 899. The van der Waals surface area contributed by atoms with Crippen molar-refractivity contribution in [1.29, 1.82) is 0 Å². The molecular formula is C20H21FN4OS. The number of halogens is 1. The second-order valence-corrected chi connectivity index (χ2v) is 7.18. The van der Waals surface area contributed by atoms with E-state index in [2.05, 4.69) is 15.6 Å². The third-order valence-corrected chi connectivity index (χ3v) is 4.93. The highest BCUT2D eigenvalue weighted by atomic mass is 32.1.